The Balaban J connectivity index is 1.34. The third-order valence-corrected chi connectivity index (χ3v) is 8.29. The molecule has 7 rings (SSSR count). The van der Waals surface area contributed by atoms with Gasteiger partial charge >= 0.3 is 0 Å². The first-order chi connectivity index (χ1) is 15.7. The van der Waals surface area contributed by atoms with Gasteiger partial charge in [0.1, 0.15) is 0 Å². The van der Waals surface area contributed by atoms with Crippen molar-refractivity contribution in [2.75, 3.05) is 0 Å². The van der Waals surface area contributed by atoms with Gasteiger partial charge in [-0.2, -0.15) is 0 Å². The molecule has 0 bridgehead atoms. The Kier molecular flexibility index (Phi) is 4.07. The molecule has 3 aromatic carbocycles. The zero-order chi connectivity index (χ0) is 21.2. The summed E-state index contributed by atoms with van der Waals surface area (Å²) in [5.74, 6) is 5.46. The molecule has 0 radical (unpaired) electrons. The molecule has 0 saturated heterocycles. The summed E-state index contributed by atoms with van der Waals surface area (Å²) in [6, 6.07) is 29.3. The second-order valence-corrected chi connectivity index (χ2v) is 10.1. The second-order valence-electron chi connectivity index (χ2n) is 9.63. The van der Waals surface area contributed by atoms with E-state index in [4.69, 9.17) is 21.6 Å². The van der Waals surface area contributed by atoms with Crippen LogP contribution in [0.3, 0.4) is 0 Å². The minimum Gasteiger partial charge on any atom is -0.228 e. The highest BCUT2D eigenvalue weighted by atomic mass is 35.5. The van der Waals surface area contributed by atoms with Crippen molar-refractivity contribution in [3.63, 3.8) is 0 Å². The Morgan fingerprint density at radius 1 is 0.656 bits per heavy atom. The molecule has 3 aliphatic carbocycles. The standard InChI is InChI=1S/C29H23ClN2/c30-22-11-5-8-18(13-22)26-16-25(17-6-2-1-3-7-17)31-29(32-26)20-10-4-9-19(12-20)27-23-14-21-15-24(27)28(21)23/h1-13,16,21,23-24,27-28H,14-15H2/t21?,23-,24+,27?,28?. The molecule has 0 amide bonds. The van der Waals surface area contributed by atoms with Gasteiger partial charge < -0.3 is 0 Å². The van der Waals surface area contributed by atoms with E-state index in [-0.39, 0.29) is 0 Å². The van der Waals surface area contributed by atoms with Crippen molar-refractivity contribution in [1.82, 2.24) is 9.97 Å². The van der Waals surface area contributed by atoms with E-state index in [1.54, 1.807) is 0 Å². The van der Waals surface area contributed by atoms with Gasteiger partial charge in [-0.1, -0.05) is 72.3 Å². The second kappa shape index (κ2) is 7.02. The van der Waals surface area contributed by atoms with E-state index in [2.05, 4.69) is 48.5 Å². The summed E-state index contributed by atoms with van der Waals surface area (Å²) in [6.07, 6.45) is 2.88. The number of hydrogen-bond acceptors (Lipinski definition) is 2. The molecular formula is C29H23ClN2. The van der Waals surface area contributed by atoms with E-state index in [1.807, 2.05) is 36.4 Å². The summed E-state index contributed by atoms with van der Waals surface area (Å²) < 4.78 is 0. The van der Waals surface area contributed by atoms with Gasteiger partial charge in [0, 0.05) is 21.7 Å². The van der Waals surface area contributed by atoms with Crippen LogP contribution in [0.1, 0.15) is 24.3 Å². The minimum absolute atomic E-state index is 0.713. The lowest BCUT2D eigenvalue weighted by molar-refractivity contribution is -0.214. The van der Waals surface area contributed by atoms with Gasteiger partial charge in [0.15, 0.2) is 5.82 Å². The summed E-state index contributed by atoms with van der Waals surface area (Å²) in [5.41, 5.74) is 6.50. The fraction of sp³-hybridized carbons (Fsp3) is 0.241. The topological polar surface area (TPSA) is 25.8 Å². The fourth-order valence-corrected chi connectivity index (χ4v) is 6.69. The summed E-state index contributed by atoms with van der Waals surface area (Å²) in [7, 11) is 0. The molecule has 5 atom stereocenters. The maximum absolute atomic E-state index is 6.29. The summed E-state index contributed by atoms with van der Waals surface area (Å²) in [6.45, 7) is 0. The molecule has 0 spiro atoms. The number of benzene rings is 3. The quantitative estimate of drug-likeness (QED) is 0.332. The molecule has 156 valence electrons. The molecule has 32 heavy (non-hydrogen) atoms. The molecule has 3 saturated carbocycles. The van der Waals surface area contributed by atoms with Crippen molar-refractivity contribution < 1.29 is 0 Å². The average Bonchev–Trinajstić information content (AvgIpc) is 2.84. The Labute approximate surface area is 193 Å². The van der Waals surface area contributed by atoms with E-state index in [0.717, 1.165) is 63.5 Å². The van der Waals surface area contributed by atoms with Crippen LogP contribution in [0, 0.1) is 23.7 Å². The van der Waals surface area contributed by atoms with Gasteiger partial charge in [0.2, 0.25) is 0 Å². The number of halogens is 1. The van der Waals surface area contributed by atoms with Crippen LogP contribution >= 0.6 is 11.6 Å². The van der Waals surface area contributed by atoms with Crippen LogP contribution in [0.25, 0.3) is 33.9 Å². The van der Waals surface area contributed by atoms with E-state index >= 15 is 0 Å². The first-order valence-electron chi connectivity index (χ1n) is 11.6. The molecule has 3 fully saturated rings. The van der Waals surface area contributed by atoms with Gasteiger partial charge in [-0.05, 0) is 72.3 Å². The van der Waals surface area contributed by atoms with Crippen LogP contribution in [0.5, 0.6) is 0 Å². The smallest absolute Gasteiger partial charge is 0.160 e. The number of aromatic nitrogens is 2. The molecule has 3 unspecified atom stereocenters. The molecule has 3 aliphatic rings. The van der Waals surface area contributed by atoms with E-state index in [0.29, 0.717) is 5.02 Å². The van der Waals surface area contributed by atoms with Crippen molar-refractivity contribution in [2.24, 2.45) is 23.7 Å². The molecule has 3 heteroatoms. The highest BCUT2D eigenvalue weighted by Gasteiger charge is 2.67. The highest BCUT2D eigenvalue weighted by molar-refractivity contribution is 6.30. The molecule has 1 aromatic heterocycles. The molecule has 2 nitrogen and oxygen atoms in total. The Bertz CT molecular complexity index is 1320. The predicted octanol–water partition coefficient (Wildman–Crippen LogP) is 7.50. The Morgan fingerprint density at radius 2 is 1.34 bits per heavy atom. The minimum atomic E-state index is 0.713. The molecule has 0 N–H and O–H groups in total. The lowest BCUT2D eigenvalue weighted by Crippen LogP contribution is -2.65. The third kappa shape index (κ3) is 2.79. The Morgan fingerprint density at radius 3 is 2.06 bits per heavy atom. The van der Waals surface area contributed by atoms with Crippen LogP contribution in [-0.2, 0) is 0 Å². The van der Waals surface area contributed by atoms with Crippen molar-refractivity contribution >= 4 is 11.6 Å². The molecular weight excluding hydrogens is 412 g/mol. The largest absolute Gasteiger partial charge is 0.228 e. The van der Waals surface area contributed by atoms with Crippen molar-refractivity contribution in [2.45, 2.75) is 18.8 Å². The van der Waals surface area contributed by atoms with Crippen LogP contribution in [0.2, 0.25) is 5.02 Å². The van der Waals surface area contributed by atoms with Gasteiger partial charge in [-0.3, -0.25) is 0 Å². The maximum Gasteiger partial charge on any atom is 0.160 e. The van der Waals surface area contributed by atoms with Crippen molar-refractivity contribution in [3.8, 4) is 33.9 Å². The van der Waals surface area contributed by atoms with Crippen molar-refractivity contribution in [1.29, 1.82) is 0 Å². The summed E-state index contributed by atoms with van der Waals surface area (Å²) in [4.78, 5) is 9.99. The normalized spacial score (nSPS) is 27.0. The van der Waals surface area contributed by atoms with Crippen LogP contribution < -0.4 is 0 Å². The number of hydrogen-bond donors (Lipinski definition) is 0. The fourth-order valence-electron chi connectivity index (χ4n) is 6.50. The van der Waals surface area contributed by atoms with Gasteiger partial charge in [-0.15, -0.1) is 0 Å². The first kappa shape index (κ1) is 18.6. The third-order valence-electron chi connectivity index (χ3n) is 8.05. The van der Waals surface area contributed by atoms with E-state index in [9.17, 15) is 0 Å². The van der Waals surface area contributed by atoms with Gasteiger partial charge in [-0.25, -0.2) is 9.97 Å². The lowest BCUT2D eigenvalue weighted by atomic mass is 9.31. The van der Waals surface area contributed by atoms with Crippen LogP contribution in [0.15, 0.2) is 84.9 Å². The van der Waals surface area contributed by atoms with E-state index in [1.165, 1.54) is 18.4 Å². The monoisotopic (exact) mass is 434 g/mol. The number of rotatable bonds is 4. The molecule has 4 aromatic rings. The average molecular weight is 435 g/mol. The maximum atomic E-state index is 6.29. The van der Waals surface area contributed by atoms with Crippen LogP contribution in [0.4, 0.5) is 0 Å². The SMILES string of the molecule is Clc1cccc(-c2cc(-c3ccccc3)nc(-c3cccc(C4[C@H]5CC6C[C@@H]4C65)c3)n2)c1. The van der Waals surface area contributed by atoms with Crippen molar-refractivity contribution in [3.05, 3.63) is 95.5 Å². The predicted molar refractivity (Wildman–Crippen MR) is 129 cm³/mol. The zero-order valence-corrected chi connectivity index (χ0v) is 18.4. The zero-order valence-electron chi connectivity index (χ0n) is 17.7. The lowest BCUT2D eigenvalue weighted by Gasteiger charge is -2.73. The highest BCUT2D eigenvalue weighted by Crippen LogP contribution is 2.75. The molecule has 1 heterocycles. The Hall–Kier alpha value is -2.97. The number of nitrogens with zero attached hydrogens (tertiary/aromatic N) is 2. The molecule has 0 aliphatic heterocycles. The summed E-state index contributed by atoms with van der Waals surface area (Å²) >= 11 is 6.29. The first-order valence-corrected chi connectivity index (χ1v) is 11.9. The van der Waals surface area contributed by atoms with E-state index < -0.39 is 0 Å². The van der Waals surface area contributed by atoms with Gasteiger partial charge in [0.05, 0.1) is 11.4 Å². The van der Waals surface area contributed by atoms with Crippen LogP contribution in [-0.4, -0.2) is 9.97 Å². The van der Waals surface area contributed by atoms with Gasteiger partial charge in [0.25, 0.3) is 0 Å². The summed E-state index contributed by atoms with van der Waals surface area (Å²) in [5, 5.41) is 0.713.